The predicted octanol–water partition coefficient (Wildman–Crippen LogP) is 4.92. The molecule has 0 radical (unpaired) electrons. The fraction of sp³-hybridized carbons (Fsp3) is 0.174. The zero-order chi connectivity index (χ0) is 22.9. The van der Waals surface area contributed by atoms with Crippen molar-refractivity contribution >= 4 is 34.5 Å². The van der Waals surface area contributed by atoms with Crippen molar-refractivity contribution in [1.29, 1.82) is 0 Å². The number of benzene rings is 3. The number of hydrazone groups is 1. The molecule has 0 spiro atoms. The van der Waals surface area contributed by atoms with E-state index in [4.69, 9.17) is 14.2 Å². The molecule has 0 aliphatic carbocycles. The van der Waals surface area contributed by atoms with Gasteiger partial charge < -0.3 is 19.6 Å². The molecule has 8 nitrogen and oxygen atoms in total. The second-order valence-electron chi connectivity index (χ2n) is 6.65. The fourth-order valence-corrected chi connectivity index (χ4v) is 3.70. The normalized spacial score (nSPS) is 10.7. The first-order valence-corrected chi connectivity index (χ1v) is 10.7. The number of methoxy groups -OCH3 is 2. The van der Waals surface area contributed by atoms with E-state index in [9.17, 15) is 10.1 Å². The lowest BCUT2D eigenvalue weighted by atomic mass is 10.2. The smallest absolute Gasteiger partial charge is 0.269 e. The van der Waals surface area contributed by atoms with E-state index in [1.165, 1.54) is 12.1 Å². The topological polar surface area (TPSA) is 95.2 Å². The van der Waals surface area contributed by atoms with Crippen molar-refractivity contribution in [2.24, 2.45) is 5.10 Å². The molecule has 0 atom stereocenters. The summed E-state index contributed by atoms with van der Waals surface area (Å²) in [6.07, 6.45) is 1.71. The van der Waals surface area contributed by atoms with Gasteiger partial charge >= 0.3 is 0 Å². The maximum Gasteiger partial charge on any atom is 0.269 e. The average molecular weight is 547 g/mol. The highest BCUT2D eigenvalue weighted by atomic mass is 127. The summed E-state index contributed by atoms with van der Waals surface area (Å²) in [7, 11) is 3.21. The molecule has 0 saturated heterocycles. The highest BCUT2D eigenvalue weighted by Crippen LogP contribution is 2.34. The van der Waals surface area contributed by atoms with Crippen molar-refractivity contribution in [2.75, 3.05) is 14.2 Å². The van der Waals surface area contributed by atoms with E-state index in [-0.39, 0.29) is 12.3 Å². The molecule has 0 unspecified atom stereocenters. The molecule has 0 fully saturated rings. The van der Waals surface area contributed by atoms with Crippen molar-refractivity contribution in [3.63, 3.8) is 0 Å². The van der Waals surface area contributed by atoms with Gasteiger partial charge in [0, 0.05) is 17.7 Å². The van der Waals surface area contributed by atoms with Gasteiger partial charge in [0.25, 0.3) is 5.69 Å². The van der Waals surface area contributed by atoms with Gasteiger partial charge in [-0.05, 0) is 64.0 Å². The van der Waals surface area contributed by atoms with Crippen molar-refractivity contribution in [1.82, 2.24) is 5.43 Å². The van der Waals surface area contributed by atoms with Crippen LogP contribution in [-0.4, -0.2) is 25.4 Å². The molecule has 3 aromatic carbocycles. The highest BCUT2D eigenvalue weighted by molar-refractivity contribution is 14.1. The third kappa shape index (κ3) is 6.10. The summed E-state index contributed by atoms with van der Waals surface area (Å²) in [6.45, 7) is 0.795. The van der Waals surface area contributed by atoms with Crippen molar-refractivity contribution in [3.05, 3.63) is 91.0 Å². The van der Waals surface area contributed by atoms with E-state index >= 15 is 0 Å². The minimum absolute atomic E-state index is 0.0452. The van der Waals surface area contributed by atoms with E-state index < -0.39 is 4.92 Å². The molecule has 3 rings (SSSR count). The van der Waals surface area contributed by atoms with Crippen LogP contribution < -0.4 is 19.6 Å². The number of nitro benzene ring substituents is 1. The Bertz CT molecular complexity index is 1100. The van der Waals surface area contributed by atoms with Gasteiger partial charge in [-0.3, -0.25) is 10.1 Å². The summed E-state index contributed by atoms with van der Waals surface area (Å²) < 4.78 is 17.6. The van der Waals surface area contributed by atoms with Gasteiger partial charge in [0.1, 0.15) is 12.4 Å². The van der Waals surface area contributed by atoms with Crippen LogP contribution in [0, 0.1) is 13.7 Å². The Hall–Kier alpha value is -3.34. The fourth-order valence-electron chi connectivity index (χ4n) is 2.92. The zero-order valence-electron chi connectivity index (χ0n) is 17.6. The summed E-state index contributed by atoms with van der Waals surface area (Å²) in [5.41, 5.74) is 5.74. The Balaban J connectivity index is 1.65. The maximum absolute atomic E-state index is 10.8. The van der Waals surface area contributed by atoms with Crippen LogP contribution in [0.5, 0.6) is 17.2 Å². The van der Waals surface area contributed by atoms with Crippen LogP contribution in [-0.2, 0) is 13.2 Å². The lowest BCUT2D eigenvalue weighted by Gasteiger charge is -2.13. The quantitative estimate of drug-likeness (QED) is 0.168. The summed E-state index contributed by atoms with van der Waals surface area (Å²) in [6, 6.07) is 17.8. The van der Waals surface area contributed by atoms with E-state index in [2.05, 4.69) is 33.1 Å². The van der Waals surface area contributed by atoms with Crippen LogP contribution in [0.2, 0.25) is 0 Å². The third-order valence-corrected chi connectivity index (χ3v) is 5.35. The number of non-ortho nitro benzene ring substituents is 1. The molecule has 1 N–H and O–H groups in total. The zero-order valence-corrected chi connectivity index (χ0v) is 19.7. The van der Waals surface area contributed by atoms with Crippen LogP contribution in [0.15, 0.2) is 65.8 Å². The number of rotatable bonds is 10. The molecular formula is C23H22IN3O5. The molecule has 0 bridgehead atoms. The average Bonchev–Trinajstić information content (AvgIpc) is 2.81. The van der Waals surface area contributed by atoms with E-state index in [0.717, 1.165) is 26.0 Å². The largest absolute Gasteiger partial charge is 0.496 e. The monoisotopic (exact) mass is 547 g/mol. The first kappa shape index (κ1) is 23.3. The van der Waals surface area contributed by atoms with Crippen LogP contribution >= 0.6 is 22.6 Å². The van der Waals surface area contributed by atoms with E-state index in [0.29, 0.717) is 18.0 Å². The third-order valence-electron chi connectivity index (χ3n) is 4.55. The Morgan fingerprint density at radius 3 is 2.47 bits per heavy atom. The van der Waals surface area contributed by atoms with Gasteiger partial charge in [-0.25, -0.2) is 0 Å². The summed E-state index contributed by atoms with van der Waals surface area (Å²) in [5.74, 6) is 1.98. The number of hydrogen-bond donors (Lipinski definition) is 1. The van der Waals surface area contributed by atoms with Crippen molar-refractivity contribution in [3.8, 4) is 17.2 Å². The van der Waals surface area contributed by atoms with Crippen molar-refractivity contribution in [2.45, 2.75) is 13.2 Å². The van der Waals surface area contributed by atoms with Crippen LogP contribution in [0.25, 0.3) is 0 Å². The SMILES string of the molecule is COc1ccccc1CN/N=C\c1cc(I)c(OCc2ccc([N+](=O)[O-])cc2)c(OC)c1. The Morgan fingerprint density at radius 2 is 1.78 bits per heavy atom. The van der Waals surface area contributed by atoms with Gasteiger partial charge in [-0.15, -0.1) is 0 Å². The molecule has 0 aromatic heterocycles. The number of nitrogens with zero attached hydrogens (tertiary/aromatic N) is 2. The summed E-state index contributed by atoms with van der Waals surface area (Å²) >= 11 is 2.18. The molecule has 9 heteroatoms. The molecule has 166 valence electrons. The number of halogens is 1. The van der Waals surface area contributed by atoms with Crippen molar-refractivity contribution < 1.29 is 19.1 Å². The van der Waals surface area contributed by atoms with Crippen LogP contribution in [0.1, 0.15) is 16.7 Å². The lowest BCUT2D eigenvalue weighted by molar-refractivity contribution is -0.384. The lowest BCUT2D eigenvalue weighted by Crippen LogP contribution is -2.07. The Labute approximate surface area is 199 Å². The molecule has 0 heterocycles. The van der Waals surface area contributed by atoms with E-state index in [1.807, 2.05) is 36.4 Å². The van der Waals surface area contributed by atoms with Gasteiger partial charge in [0.05, 0.1) is 35.5 Å². The van der Waals surface area contributed by atoms with Crippen LogP contribution in [0.4, 0.5) is 5.69 Å². The second kappa shape index (κ2) is 11.3. The molecule has 0 aliphatic heterocycles. The molecule has 0 saturated carbocycles. The van der Waals surface area contributed by atoms with Gasteiger partial charge in [-0.1, -0.05) is 18.2 Å². The van der Waals surface area contributed by atoms with Crippen LogP contribution in [0.3, 0.4) is 0 Å². The second-order valence-corrected chi connectivity index (χ2v) is 7.81. The number of nitrogens with one attached hydrogen (secondary N) is 1. The summed E-state index contributed by atoms with van der Waals surface area (Å²) in [5, 5.41) is 15.1. The summed E-state index contributed by atoms with van der Waals surface area (Å²) in [4.78, 5) is 10.4. The first-order valence-electron chi connectivity index (χ1n) is 9.63. The number of nitro groups is 1. The minimum atomic E-state index is -0.428. The number of hydrogen-bond acceptors (Lipinski definition) is 7. The standard InChI is InChI=1S/C23H22IN3O5/c1-30-21-6-4-3-5-18(21)14-26-25-13-17-11-20(24)23(22(12-17)31-2)32-15-16-7-9-19(10-8-16)27(28)29/h3-13,26H,14-15H2,1-2H3/b25-13-. The molecule has 32 heavy (non-hydrogen) atoms. The first-order chi connectivity index (χ1) is 15.5. The molecular weight excluding hydrogens is 525 g/mol. The van der Waals surface area contributed by atoms with Gasteiger partial charge in [-0.2, -0.15) is 5.10 Å². The molecule has 3 aromatic rings. The van der Waals surface area contributed by atoms with Gasteiger partial charge in [0.15, 0.2) is 11.5 Å². The van der Waals surface area contributed by atoms with Gasteiger partial charge in [0.2, 0.25) is 0 Å². The van der Waals surface area contributed by atoms with E-state index in [1.54, 1.807) is 32.6 Å². The predicted molar refractivity (Wildman–Crippen MR) is 131 cm³/mol. The minimum Gasteiger partial charge on any atom is -0.496 e. The number of ether oxygens (including phenoxy) is 3. The maximum atomic E-state index is 10.8. The molecule has 0 aliphatic rings. The Kier molecular flexibility index (Phi) is 8.26. The molecule has 0 amide bonds. The number of para-hydroxylation sites is 1. The Morgan fingerprint density at radius 1 is 1.06 bits per heavy atom. The highest BCUT2D eigenvalue weighted by Gasteiger charge is 2.12.